The van der Waals surface area contributed by atoms with Gasteiger partial charge in [-0.3, -0.25) is 14.5 Å². The molecule has 0 unspecified atom stereocenters. The summed E-state index contributed by atoms with van der Waals surface area (Å²) in [6.07, 6.45) is 0. The number of anilines is 1. The summed E-state index contributed by atoms with van der Waals surface area (Å²) in [6, 6.07) is 26.0. The average molecular weight is 384 g/mol. The highest BCUT2D eigenvalue weighted by atomic mass is 16.5. The summed E-state index contributed by atoms with van der Waals surface area (Å²) < 4.78 is 5.21. The summed E-state index contributed by atoms with van der Waals surface area (Å²) >= 11 is 0. The van der Waals surface area contributed by atoms with Gasteiger partial charge in [0.2, 0.25) is 0 Å². The van der Waals surface area contributed by atoms with Crippen molar-refractivity contribution in [1.82, 2.24) is 4.90 Å². The topological polar surface area (TPSA) is 58.6 Å². The lowest BCUT2D eigenvalue weighted by Gasteiger charge is -2.15. The minimum atomic E-state index is -0.339. The summed E-state index contributed by atoms with van der Waals surface area (Å²) in [5.74, 6) is 0.0285. The van der Waals surface area contributed by atoms with Crippen LogP contribution in [0.1, 0.15) is 11.1 Å². The monoisotopic (exact) mass is 384 g/mol. The normalized spacial score (nSPS) is 13.8. The number of nitrogens with one attached hydrogen (secondary N) is 1. The molecule has 0 atom stereocenters. The highest BCUT2D eigenvalue weighted by Gasteiger charge is 2.39. The molecule has 5 heteroatoms. The zero-order valence-electron chi connectivity index (χ0n) is 16.0. The fourth-order valence-corrected chi connectivity index (χ4v) is 3.29. The number of methoxy groups -OCH3 is 1. The highest BCUT2D eigenvalue weighted by molar-refractivity contribution is 6.36. The second-order valence-corrected chi connectivity index (χ2v) is 6.65. The van der Waals surface area contributed by atoms with Crippen LogP contribution in [-0.4, -0.2) is 23.8 Å². The number of nitrogens with zero attached hydrogens (tertiary/aromatic N) is 1. The summed E-state index contributed by atoms with van der Waals surface area (Å²) in [4.78, 5) is 27.7. The number of rotatable bonds is 6. The van der Waals surface area contributed by atoms with Crippen molar-refractivity contribution in [2.75, 3.05) is 12.4 Å². The Balaban J connectivity index is 1.73. The van der Waals surface area contributed by atoms with Gasteiger partial charge in [-0.25, -0.2) is 0 Å². The molecule has 0 fully saturated rings. The molecule has 0 spiro atoms. The summed E-state index contributed by atoms with van der Waals surface area (Å²) in [6.45, 7) is 0.220. The minimum absolute atomic E-state index is 0.220. The largest absolute Gasteiger partial charge is 0.497 e. The SMILES string of the molecule is COc1ccc(C2=C(Nc3ccccc3)C(=O)N(Cc3ccccc3)C2=O)cc1. The summed E-state index contributed by atoms with van der Waals surface area (Å²) in [5.41, 5.74) is 2.94. The molecule has 0 saturated carbocycles. The van der Waals surface area contributed by atoms with Crippen LogP contribution >= 0.6 is 0 Å². The molecule has 0 aliphatic carbocycles. The van der Waals surface area contributed by atoms with Gasteiger partial charge in [-0.05, 0) is 35.4 Å². The van der Waals surface area contributed by atoms with Gasteiger partial charge in [-0.2, -0.15) is 0 Å². The third-order valence-corrected chi connectivity index (χ3v) is 4.77. The van der Waals surface area contributed by atoms with E-state index >= 15 is 0 Å². The Hall–Kier alpha value is -3.86. The van der Waals surface area contributed by atoms with Crippen molar-refractivity contribution in [2.24, 2.45) is 0 Å². The summed E-state index contributed by atoms with van der Waals surface area (Å²) in [7, 11) is 1.59. The molecule has 1 N–H and O–H groups in total. The molecule has 1 aliphatic rings. The van der Waals surface area contributed by atoms with Crippen molar-refractivity contribution in [2.45, 2.75) is 6.54 Å². The Morgan fingerprint density at radius 1 is 0.793 bits per heavy atom. The maximum Gasteiger partial charge on any atom is 0.278 e. The molecule has 1 aliphatic heterocycles. The first-order chi connectivity index (χ1) is 14.2. The lowest BCUT2D eigenvalue weighted by molar-refractivity contribution is -0.137. The number of imide groups is 1. The number of ether oxygens (including phenoxy) is 1. The average Bonchev–Trinajstić information content (AvgIpc) is 2.99. The fourth-order valence-electron chi connectivity index (χ4n) is 3.29. The van der Waals surface area contributed by atoms with Gasteiger partial charge >= 0.3 is 0 Å². The van der Waals surface area contributed by atoms with Crippen LogP contribution in [0.25, 0.3) is 5.57 Å². The Morgan fingerprint density at radius 3 is 2.03 bits per heavy atom. The molecule has 1 heterocycles. The molecule has 0 saturated heterocycles. The lowest BCUT2D eigenvalue weighted by atomic mass is 10.0. The molecule has 29 heavy (non-hydrogen) atoms. The van der Waals surface area contributed by atoms with Crippen LogP contribution in [0.15, 0.2) is 90.6 Å². The molecule has 3 aromatic rings. The smallest absolute Gasteiger partial charge is 0.278 e. The van der Waals surface area contributed by atoms with Crippen LogP contribution in [0.4, 0.5) is 5.69 Å². The van der Waals surface area contributed by atoms with Crippen LogP contribution in [0, 0.1) is 0 Å². The van der Waals surface area contributed by atoms with E-state index in [0.29, 0.717) is 16.9 Å². The number of hydrogen-bond donors (Lipinski definition) is 1. The predicted molar refractivity (Wildman–Crippen MR) is 112 cm³/mol. The highest BCUT2D eigenvalue weighted by Crippen LogP contribution is 2.32. The van der Waals surface area contributed by atoms with Crippen LogP contribution in [0.2, 0.25) is 0 Å². The number of carbonyl (C=O) groups is 2. The van der Waals surface area contributed by atoms with Gasteiger partial charge in [-0.1, -0.05) is 60.7 Å². The Labute approximate surface area is 169 Å². The molecular formula is C24H20N2O3. The van der Waals surface area contributed by atoms with Gasteiger partial charge in [0, 0.05) is 5.69 Å². The van der Waals surface area contributed by atoms with Crippen molar-refractivity contribution in [1.29, 1.82) is 0 Å². The quantitative estimate of drug-likeness (QED) is 0.651. The van der Waals surface area contributed by atoms with E-state index in [1.54, 1.807) is 31.4 Å². The number of hydrogen-bond acceptors (Lipinski definition) is 4. The first-order valence-corrected chi connectivity index (χ1v) is 9.28. The van der Waals surface area contributed by atoms with Crippen LogP contribution in [-0.2, 0) is 16.1 Å². The second-order valence-electron chi connectivity index (χ2n) is 6.65. The second kappa shape index (κ2) is 8.02. The molecule has 2 amide bonds. The number of para-hydroxylation sites is 1. The predicted octanol–water partition coefficient (Wildman–Crippen LogP) is 4.09. The Bertz CT molecular complexity index is 1060. The van der Waals surface area contributed by atoms with Gasteiger partial charge in [-0.15, -0.1) is 0 Å². The van der Waals surface area contributed by atoms with E-state index in [2.05, 4.69) is 5.32 Å². The van der Waals surface area contributed by atoms with Crippen LogP contribution < -0.4 is 10.1 Å². The molecule has 0 bridgehead atoms. The van der Waals surface area contributed by atoms with Gasteiger partial charge < -0.3 is 10.1 Å². The molecule has 144 valence electrons. The third-order valence-electron chi connectivity index (χ3n) is 4.77. The van der Waals surface area contributed by atoms with Crippen molar-refractivity contribution >= 4 is 23.1 Å². The third kappa shape index (κ3) is 3.75. The fraction of sp³-hybridized carbons (Fsp3) is 0.0833. The van der Waals surface area contributed by atoms with E-state index < -0.39 is 0 Å². The van der Waals surface area contributed by atoms with Crippen LogP contribution in [0.5, 0.6) is 5.75 Å². The van der Waals surface area contributed by atoms with E-state index in [-0.39, 0.29) is 24.1 Å². The first-order valence-electron chi connectivity index (χ1n) is 9.28. The molecule has 0 aromatic heterocycles. The van der Waals surface area contributed by atoms with Gasteiger partial charge in [0.1, 0.15) is 11.4 Å². The van der Waals surface area contributed by atoms with E-state index in [4.69, 9.17) is 4.74 Å². The van der Waals surface area contributed by atoms with Crippen LogP contribution in [0.3, 0.4) is 0 Å². The summed E-state index contributed by atoms with van der Waals surface area (Å²) in [5, 5.41) is 3.15. The molecule has 4 rings (SSSR count). The van der Waals surface area contributed by atoms with Gasteiger partial charge in [0.15, 0.2) is 0 Å². The number of benzene rings is 3. The van der Waals surface area contributed by atoms with Crippen molar-refractivity contribution in [3.05, 3.63) is 102 Å². The standard InChI is InChI=1S/C24H20N2O3/c1-29-20-14-12-18(13-15-20)21-22(25-19-10-6-3-7-11-19)24(28)26(23(21)27)16-17-8-4-2-5-9-17/h2-15,25H,16H2,1H3. The zero-order chi connectivity index (χ0) is 20.2. The van der Waals surface area contributed by atoms with Gasteiger partial charge in [0.25, 0.3) is 11.8 Å². The minimum Gasteiger partial charge on any atom is -0.497 e. The Kier molecular flexibility index (Phi) is 5.12. The van der Waals surface area contributed by atoms with E-state index in [1.165, 1.54) is 4.90 Å². The van der Waals surface area contributed by atoms with E-state index in [1.807, 2.05) is 60.7 Å². The van der Waals surface area contributed by atoms with Crippen molar-refractivity contribution in [3.63, 3.8) is 0 Å². The zero-order valence-corrected chi connectivity index (χ0v) is 16.0. The maximum absolute atomic E-state index is 13.3. The first kappa shape index (κ1) is 18.5. The van der Waals surface area contributed by atoms with E-state index in [0.717, 1.165) is 11.3 Å². The molecule has 5 nitrogen and oxygen atoms in total. The molecular weight excluding hydrogens is 364 g/mol. The van der Waals surface area contributed by atoms with Crippen molar-refractivity contribution in [3.8, 4) is 5.75 Å². The molecule has 0 radical (unpaired) electrons. The Morgan fingerprint density at radius 2 is 1.41 bits per heavy atom. The molecule has 3 aromatic carbocycles. The maximum atomic E-state index is 13.3. The van der Waals surface area contributed by atoms with E-state index in [9.17, 15) is 9.59 Å². The number of amides is 2. The van der Waals surface area contributed by atoms with Gasteiger partial charge in [0.05, 0.1) is 19.2 Å². The lowest BCUT2D eigenvalue weighted by Crippen LogP contribution is -2.31. The number of carbonyl (C=O) groups excluding carboxylic acids is 2. The van der Waals surface area contributed by atoms with Crippen molar-refractivity contribution < 1.29 is 14.3 Å².